The van der Waals surface area contributed by atoms with Gasteiger partial charge in [0.25, 0.3) is 0 Å². The molecule has 0 heterocycles. The molecule has 1 aliphatic carbocycles. The summed E-state index contributed by atoms with van der Waals surface area (Å²) in [6.45, 7) is 2.26. The van der Waals surface area contributed by atoms with Crippen LogP contribution in [0.2, 0.25) is 0 Å². The smallest absolute Gasteiger partial charge is 0.127 e. The van der Waals surface area contributed by atoms with Crippen LogP contribution in [0.4, 0.5) is 4.39 Å². The van der Waals surface area contributed by atoms with Crippen molar-refractivity contribution in [1.29, 1.82) is 5.26 Å². The zero-order valence-corrected chi connectivity index (χ0v) is 13.8. The van der Waals surface area contributed by atoms with Crippen molar-refractivity contribution in [3.63, 3.8) is 0 Å². The summed E-state index contributed by atoms with van der Waals surface area (Å²) in [5.41, 5.74) is 1.18. The first kappa shape index (κ1) is 17.0. The average molecular weight is 301 g/mol. The molecule has 1 fully saturated rings. The van der Waals surface area contributed by atoms with E-state index in [1.807, 2.05) is 6.07 Å². The second-order valence-corrected chi connectivity index (χ2v) is 6.84. The topological polar surface area (TPSA) is 23.8 Å². The van der Waals surface area contributed by atoms with Crippen LogP contribution in [0.25, 0.3) is 0 Å². The molecule has 2 heteroatoms. The van der Waals surface area contributed by atoms with Crippen molar-refractivity contribution < 1.29 is 4.39 Å². The number of nitrogens with zero attached hydrogens (tertiary/aromatic N) is 1. The summed E-state index contributed by atoms with van der Waals surface area (Å²) >= 11 is 0. The van der Waals surface area contributed by atoms with Gasteiger partial charge in [-0.3, -0.25) is 0 Å². The zero-order valence-electron chi connectivity index (χ0n) is 13.8. The molecule has 0 spiro atoms. The van der Waals surface area contributed by atoms with Crippen molar-refractivity contribution in [3.8, 4) is 6.07 Å². The van der Waals surface area contributed by atoms with Gasteiger partial charge in [0.15, 0.2) is 0 Å². The number of hydrogen-bond donors (Lipinski definition) is 0. The summed E-state index contributed by atoms with van der Waals surface area (Å²) in [5.74, 6) is 1.49. The first-order chi connectivity index (χ1) is 10.7. The molecule has 1 aliphatic rings. The minimum Gasteiger partial charge on any atom is -0.207 e. The van der Waals surface area contributed by atoms with Gasteiger partial charge >= 0.3 is 0 Å². The first-order valence-corrected chi connectivity index (χ1v) is 8.91. The number of aryl methyl sites for hydroxylation is 1. The van der Waals surface area contributed by atoms with E-state index >= 15 is 0 Å². The summed E-state index contributed by atoms with van der Waals surface area (Å²) in [5, 5.41) is 8.77. The van der Waals surface area contributed by atoms with Crippen molar-refractivity contribution in [2.45, 2.75) is 71.1 Å². The number of hydrogen-bond acceptors (Lipinski definition) is 1. The van der Waals surface area contributed by atoms with E-state index in [1.165, 1.54) is 57.4 Å². The Bertz CT molecular complexity index is 495. The maximum Gasteiger partial charge on any atom is 0.127 e. The fraction of sp³-hybridized carbons (Fsp3) is 0.650. The molecule has 1 aromatic rings. The monoisotopic (exact) mass is 301 g/mol. The molecule has 0 radical (unpaired) electrons. The van der Waals surface area contributed by atoms with E-state index in [4.69, 9.17) is 5.26 Å². The number of nitriles is 1. The lowest BCUT2D eigenvalue weighted by atomic mass is 9.78. The number of rotatable bonds is 7. The Morgan fingerprint density at radius 3 is 2.36 bits per heavy atom. The normalized spacial score (nSPS) is 21.5. The second-order valence-electron chi connectivity index (χ2n) is 6.84. The van der Waals surface area contributed by atoms with Crippen molar-refractivity contribution in [1.82, 2.24) is 0 Å². The maximum absolute atomic E-state index is 13.9. The maximum atomic E-state index is 13.9. The summed E-state index contributed by atoms with van der Waals surface area (Å²) in [6.07, 6.45) is 12.7. The van der Waals surface area contributed by atoms with Crippen molar-refractivity contribution in [3.05, 3.63) is 35.1 Å². The molecular weight excluding hydrogens is 273 g/mol. The molecule has 22 heavy (non-hydrogen) atoms. The molecule has 120 valence electrons. The lowest BCUT2D eigenvalue weighted by molar-refractivity contribution is 0.248. The van der Waals surface area contributed by atoms with E-state index in [0.717, 1.165) is 30.2 Å². The van der Waals surface area contributed by atoms with Crippen molar-refractivity contribution in [2.75, 3.05) is 0 Å². The Labute approximate surface area is 134 Å². The lowest BCUT2D eigenvalue weighted by Crippen LogP contribution is -2.15. The average Bonchev–Trinajstić information content (AvgIpc) is 2.55. The summed E-state index contributed by atoms with van der Waals surface area (Å²) < 4.78 is 13.9. The Morgan fingerprint density at radius 1 is 1.09 bits per heavy atom. The van der Waals surface area contributed by atoms with Gasteiger partial charge in [-0.2, -0.15) is 5.26 Å². The molecular formula is C20H28FN. The molecule has 0 bridgehead atoms. The van der Waals surface area contributed by atoms with Gasteiger partial charge in [0.1, 0.15) is 5.82 Å². The van der Waals surface area contributed by atoms with Crippen LogP contribution in [0, 0.1) is 29.0 Å². The van der Waals surface area contributed by atoms with Gasteiger partial charge in [0.2, 0.25) is 0 Å². The molecule has 2 rings (SSSR count). The number of halogens is 1. The van der Waals surface area contributed by atoms with Gasteiger partial charge in [0, 0.05) is 0 Å². The Hall–Kier alpha value is -1.36. The third kappa shape index (κ3) is 5.13. The number of benzene rings is 1. The standard InChI is InChI=1S/C20H28FN/c1-2-3-4-5-16-6-8-17(9-7-16)10-12-19-13-11-18(15-22)14-20(19)21/h11,13-14,16-17H,2-10,12H2,1H3. The first-order valence-electron chi connectivity index (χ1n) is 8.91. The second kappa shape index (κ2) is 8.93. The van der Waals surface area contributed by atoms with Gasteiger partial charge in [-0.25, -0.2) is 4.39 Å². The minimum atomic E-state index is -0.215. The molecule has 1 nitrogen and oxygen atoms in total. The molecule has 1 aromatic carbocycles. The zero-order chi connectivity index (χ0) is 15.8. The molecule has 1 saturated carbocycles. The summed E-state index contributed by atoms with van der Waals surface area (Å²) in [4.78, 5) is 0. The molecule has 0 unspecified atom stereocenters. The van der Waals surface area contributed by atoms with Crippen LogP contribution in [-0.2, 0) is 6.42 Å². The summed E-state index contributed by atoms with van der Waals surface area (Å²) in [6, 6.07) is 6.85. The van der Waals surface area contributed by atoms with E-state index in [-0.39, 0.29) is 5.82 Å². The van der Waals surface area contributed by atoms with E-state index < -0.39 is 0 Å². The van der Waals surface area contributed by atoms with Crippen LogP contribution in [0.3, 0.4) is 0 Å². The molecule has 0 aliphatic heterocycles. The Balaban J connectivity index is 1.72. The Morgan fingerprint density at radius 2 is 1.77 bits per heavy atom. The van der Waals surface area contributed by atoms with Crippen LogP contribution < -0.4 is 0 Å². The minimum absolute atomic E-state index is 0.215. The van der Waals surface area contributed by atoms with Gasteiger partial charge in [-0.05, 0) is 42.4 Å². The van der Waals surface area contributed by atoms with Crippen molar-refractivity contribution >= 4 is 0 Å². The van der Waals surface area contributed by atoms with Gasteiger partial charge in [0.05, 0.1) is 11.6 Å². The molecule has 0 aromatic heterocycles. The molecule has 0 saturated heterocycles. The third-order valence-electron chi connectivity index (χ3n) is 5.19. The predicted octanol–water partition coefficient (Wildman–Crippen LogP) is 6.02. The van der Waals surface area contributed by atoms with E-state index in [1.54, 1.807) is 12.1 Å². The Kier molecular flexibility index (Phi) is 6.90. The molecule has 0 N–H and O–H groups in total. The molecule has 0 amide bonds. The lowest BCUT2D eigenvalue weighted by Gasteiger charge is -2.28. The highest BCUT2D eigenvalue weighted by Gasteiger charge is 2.21. The van der Waals surface area contributed by atoms with E-state index in [9.17, 15) is 4.39 Å². The largest absolute Gasteiger partial charge is 0.207 e. The highest BCUT2D eigenvalue weighted by molar-refractivity contribution is 5.32. The van der Waals surface area contributed by atoms with Gasteiger partial charge in [-0.1, -0.05) is 64.4 Å². The quantitative estimate of drug-likeness (QED) is 0.565. The van der Waals surface area contributed by atoms with Crippen LogP contribution in [-0.4, -0.2) is 0 Å². The fourth-order valence-corrected chi connectivity index (χ4v) is 3.67. The van der Waals surface area contributed by atoms with Gasteiger partial charge < -0.3 is 0 Å². The predicted molar refractivity (Wildman–Crippen MR) is 89.0 cm³/mol. The third-order valence-corrected chi connectivity index (χ3v) is 5.19. The fourth-order valence-electron chi connectivity index (χ4n) is 3.67. The SMILES string of the molecule is CCCCCC1CCC(CCc2ccc(C#N)cc2F)CC1. The highest BCUT2D eigenvalue weighted by atomic mass is 19.1. The number of unbranched alkanes of at least 4 members (excludes halogenated alkanes) is 2. The van der Waals surface area contributed by atoms with E-state index in [0.29, 0.717) is 5.56 Å². The highest BCUT2D eigenvalue weighted by Crippen LogP contribution is 2.34. The van der Waals surface area contributed by atoms with Crippen LogP contribution >= 0.6 is 0 Å². The van der Waals surface area contributed by atoms with Crippen LogP contribution in [0.5, 0.6) is 0 Å². The van der Waals surface area contributed by atoms with E-state index in [2.05, 4.69) is 6.92 Å². The van der Waals surface area contributed by atoms with Gasteiger partial charge in [-0.15, -0.1) is 0 Å². The van der Waals surface area contributed by atoms with Crippen molar-refractivity contribution in [2.24, 2.45) is 11.8 Å². The van der Waals surface area contributed by atoms with Crippen LogP contribution in [0.1, 0.15) is 75.8 Å². The molecule has 0 atom stereocenters. The van der Waals surface area contributed by atoms with Crippen LogP contribution in [0.15, 0.2) is 18.2 Å². The summed E-state index contributed by atoms with van der Waals surface area (Å²) in [7, 11) is 0.